The molecule has 2 aromatic heterocycles. The van der Waals surface area contributed by atoms with Gasteiger partial charge in [-0.05, 0) is 25.1 Å². The van der Waals surface area contributed by atoms with E-state index in [-0.39, 0.29) is 0 Å². The summed E-state index contributed by atoms with van der Waals surface area (Å²) in [7, 11) is 1.62. The Morgan fingerprint density at radius 1 is 1.29 bits per heavy atom. The molecule has 21 heavy (non-hydrogen) atoms. The van der Waals surface area contributed by atoms with Crippen LogP contribution in [0.2, 0.25) is 0 Å². The summed E-state index contributed by atoms with van der Waals surface area (Å²) in [5, 5.41) is 0. The molecule has 6 nitrogen and oxygen atoms in total. The summed E-state index contributed by atoms with van der Waals surface area (Å²) in [6.07, 6.45) is 5.36. The van der Waals surface area contributed by atoms with Crippen molar-refractivity contribution in [2.24, 2.45) is 0 Å². The van der Waals surface area contributed by atoms with E-state index in [1.165, 1.54) is 0 Å². The lowest BCUT2D eigenvalue weighted by atomic mass is 10.1. The number of ether oxygens (including phenoxy) is 2. The Labute approximate surface area is 122 Å². The summed E-state index contributed by atoms with van der Waals surface area (Å²) < 4.78 is 12.7. The van der Waals surface area contributed by atoms with Gasteiger partial charge in [0.15, 0.2) is 23.0 Å². The van der Waals surface area contributed by atoms with Gasteiger partial charge in [0, 0.05) is 24.2 Å². The van der Waals surface area contributed by atoms with Crippen LogP contribution in [0.1, 0.15) is 6.92 Å². The van der Waals surface area contributed by atoms with Gasteiger partial charge in [-0.1, -0.05) is 0 Å². The van der Waals surface area contributed by atoms with Gasteiger partial charge in [0.2, 0.25) is 0 Å². The Morgan fingerprint density at radius 2 is 2.14 bits per heavy atom. The second kappa shape index (κ2) is 5.32. The number of rotatable bonds is 4. The number of nitrogens with zero attached hydrogens (tertiary/aromatic N) is 3. The van der Waals surface area contributed by atoms with Gasteiger partial charge in [0.1, 0.15) is 0 Å². The average molecular weight is 284 g/mol. The molecule has 0 fully saturated rings. The smallest absolute Gasteiger partial charge is 0.180 e. The van der Waals surface area contributed by atoms with Crippen LogP contribution in [-0.2, 0) is 0 Å². The zero-order valence-corrected chi connectivity index (χ0v) is 11.9. The third kappa shape index (κ3) is 2.35. The molecule has 2 N–H and O–H groups in total. The monoisotopic (exact) mass is 284 g/mol. The van der Waals surface area contributed by atoms with Crippen molar-refractivity contribution in [3.05, 3.63) is 36.8 Å². The molecule has 0 saturated carbocycles. The van der Waals surface area contributed by atoms with Crippen molar-refractivity contribution < 1.29 is 9.47 Å². The molecule has 0 atom stereocenters. The first-order chi connectivity index (χ1) is 10.2. The fraction of sp³-hybridized carbons (Fsp3) is 0.200. The van der Waals surface area contributed by atoms with Crippen LogP contribution in [0.5, 0.6) is 11.5 Å². The largest absolute Gasteiger partial charge is 0.493 e. The topological polar surface area (TPSA) is 74.7 Å². The molecule has 1 aromatic carbocycles. The van der Waals surface area contributed by atoms with Crippen LogP contribution >= 0.6 is 0 Å². The first kappa shape index (κ1) is 13.2. The normalized spacial score (nSPS) is 10.8. The van der Waals surface area contributed by atoms with Crippen LogP contribution in [-0.4, -0.2) is 28.1 Å². The van der Waals surface area contributed by atoms with Crippen LogP contribution in [0, 0.1) is 0 Å². The first-order valence-electron chi connectivity index (χ1n) is 6.63. The first-order valence-corrected chi connectivity index (χ1v) is 6.63. The van der Waals surface area contributed by atoms with Crippen LogP contribution in [0.15, 0.2) is 36.8 Å². The maximum atomic E-state index is 5.83. The predicted octanol–water partition coefficient (Wildman–Crippen LogP) is 2.39. The summed E-state index contributed by atoms with van der Waals surface area (Å²) in [6.45, 7) is 2.53. The Balaban J connectivity index is 2.07. The predicted molar refractivity (Wildman–Crippen MR) is 80.6 cm³/mol. The second-order valence-corrected chi connectivity index (χ2v) is 4.47. The fourth-order valence-corrected chi connectivity index (χ4v) is 2.18. The van der Waals surface area contributed by atoms with Gasteiger partial charge in [-0.15, -0.1) is 0 Å². The molecule has 0 saturated heterocycles. The molecule has 108 valence electrons. The number of hydrogen-bond donors (Lipinski definition) is 1. The van der Waals surface area contributed by atoms with Crippen molar-refractivity contribution in [2.75, 3.05) is 19.5 Å². The minimum Gasteiger partial charge on any atom is -0.493 e. The Hall–Kier alpha value is -2.76. The lowest BCUT2D eigenvalue weighted by molar-refractivity contribution is 0.311. The molecule has 0 aliphatic heterocycles. The Bertz CT molecular complexity index is 782. The van der Waals surface area contributed by atoms with Crippen molar-refractivity contribution >= 4 is 11.5 Å². The van der Waals surface area contributed by atoms with E-state index in [9.17, 15) is 0 Å². The number of nitrogen functional groups attached to an aromatic ring is 1. The van der Waals surface area contributed by atoms with E-state index < -0.39 is 0 Å². The van der Waals surface area contributed by atoms with Crippen molar-refractivity contribution in [2.45, 2.75) is 6.92 Å². The van der Waals surface area contributed by atoms with Crippen molar-refractivity contribution in [1.82, 2.24) is 14.4 Å². The van der Waals surface area contributed by atoms with E-state index in [1.807, 2.05) is 41.9 Å². The third-order valence-corrected chi connectivity index (χ3v) is 3.16. The molecule has 0 aliphatic rings. The summed E-state index contributed by atoms with van der Waals surface area (Å²) in [6, 6.07) is 5.72. The molecule has 0 aliphatic carbocycles. The SMILES string of the molecule is CCOc1ccc(-c2cn3ccnc(N)c3n2)cc1OC. The number of aromatic nitrogens is 3. The lowest BCUT2D eigenvalue weighted by Crippen LogP contribution is -1.95. The van der Waals surface area contributed by atoms with Gasteiger partial charge in [-0.3, -0.25) is 0 Å². The van der Waals surface area contributed by atoms with Gasteiger partial charge in [-0.2, -0.15) is 0 Å². The molecule has 3 aromatic rings. The summed E-state index contributed by atoms with van der Waals surface area (Å²) in [5.41, 5.74) is 8.20. The Morgan fingerprint density at radius 3 is 2.86 bits per heavy atom. The zero-order chi connectivity index (χ0) is 14.8. The Kier molecular flexibility index (Phi) is 3.35. The van der Waals surface area contributed by atoms with Gasteiger partial charge < -0.3 is 19.6 Å². The molecular weight excluding hydrogens is 268 g/mol. The van der Waals surface area contributed by atoms with E-state index in [4.69, 9.17) is 15.2 Å². The van der Waals surface area contributed by atoms with Crippen LogP contribution in [0.4, 0.5) is 5.82 Å². The number of hydrogen-bond acceptors (Lipinski definition) is 5. The zero-order valence-electron chi connectivity index (χ0n) is 11.9. The van der Waals surface area contributed by atoms with E-state index in [2.05, 4.69) is 9.97 Å². The third-order valence-electron chi connectivity index (χ3n) is 3.16. The summed E-state index contributed by atoms with van der Waals surface area (Å²) in [4.78, 5) is 8.55. The number of methoxy groups -OCH3 is 1. The van der Waals surface area contributed by atoms with Crippen LogP contribution < -0.4 is 15.2 Å². The molecule has 2 heterocycles. The highest BCUT2D eigenvalue weighted by Gasteiger charge is 2.11. The van der Waals surface area contributed by atoms with Crippen LogP contribution in [0.25, 0.3) is 16.9 Å². The van der Waals surface area contributed by atoms with Gasteiger partial charge in [-0.25, -0.2) is 9.97 Å². The lowest BCUT2D eigenvalue weighted by Gasteiger charge is -2.09. The average Bonchev–Trinajstić information content (AvgIpc) is 2.93. The minimum atomic E-state index is 0.404. The summed E-state index contributed by atoms with van der Waals surface area (Å²) >= 11 is 0. The molecule has 6 heteroatoms. The van der Waals surface area contributed by atoms with Crippen molar-refractivity contribution in [1.29, 1.82) is 0 Å². The van der Waals surface area contributed by atoms with E-state index in [0.29, 0.717) is 29.6 Å². The highest BCUT2D eigenvalue weighted by atomic mass is 16.5. The molecule has 0 spiro atoms. The summed E-state index contributed by atoms with van der Waals surface area (Å²) in [5.74, 6) is 1.80. The minimum absolute atomic E-state index is 0.404. The molecular formula is C15H16N4O2. The number of imidazole rings is 1. The van der Waals surface area contributed by atoms with Gasteiger partial charge in [0.05, 0.1) is 19.4 Å². The van der Waals surface area contributed by atoms with Crippen molar-refractivity contribution in [3.8, 4) is 22.8 Å². The quantitative estimate of drug-likeness (QED) is 0.796. The maximum absolute atomic E-state index is 5.83. The van der Waals surface area contributed by atoms with Crippen molar-refractivity contribution in [3.63, 3.8) is 0 Å². The molecule has 0 unspecified atom stereocenters. The van der Waals surface area contributed by atoms with Gasteiger partial charge in [0.25, 0.3) is 0 Å². The molecule has 0 radical (unpaired) electrons. The number of nitrogens with two attached hydrogens (primary N) is 1. The fourth-order valence-electron chi connectivity index (χ4n) is 2.18. The second-order valence-electron chi connectivity index (χ2n) is 4.47. The highest BCUT2D eigenvalue weighted by molar-refractivity contribution is 5.70. The molecule has 0 amide bonds. The van der Waals surface area contributed by atoms with E-state index in [0.717, 1.165) is 11.3 Å². The number of benzene rings is 1. The number of anilines is 1. The standard InChI is InChI=1S/C15H16N4O2/c1-3-21-12-5-4-10(8-13(12)20-2)11-9-19-7-6-17-14(16)15(19)18-11/h4-9H,3H2,1-2H3,(H2,16,17). The highest BCUT2D eigenvalue weighted by Crippen LogP contribution is 2.32. The maximum Gasteiger partial charge on any atom is 0.180 e. The van der Waals surface area contributed by atoms with Crippen LogP contribution in [0.3, 0.4) is 0 Å². The molecule has 0 bridgehead atoms. The van der Waals surface area contributed by atoms with E-state index in [1.54, 1.807) is 13.3 Å². The van der Waals surface area contributed by atoms with E-state index >= 15 is 0 Å². The molecule has 3 rings (SSSR count). The van der Waals surface area contributed by atoms with Gasteiger partial charge >= 0.3 is 0 Å². The number of fused-ring (bicyclic) bond motifs is 1.